The molecule has 0 aromatic carbocycles. The zero-order chi connectivity index (χ0) is 39.3. The summed E-state index contributed by atoms with van der Waals surface area (Å²) in [6, 6.07) is -1.57. The number of nitrogens with zero attached hydrogens (tertiary/aromatic N) is 1. The fourth-order valence-electron chi connectivity index (χ4n) is 6.52. The van der Waals surface area contributed by atoms with E-state index in [9.17, 15) is 66.1 Å². The van der Waals surface area contributed by atoms with Crippen LogP contribution in [0.15, 0.2) is 0 Å². The van der Waals surface area contributed by atoms with Crippen molar-refractivity contribution in [1.82, 2.24) is 10.4 Å². The monoisotopic (exact) mass is 779 g/mol. The highest BCUT2D eigenvalue weighted by molar-refractivity contribution is 5.73. The highest BCUT2D eigenvalue weighted by atomic mass is 16.8. The Kier molecular flexibility index (Phi) is 16.4. The van der Waals surface area contributed by atoms with E-state index in [1.807, 2.05) is 0 Å². The number of aliphatic hydroxyl groups excluding tert-OH is 12. The Bertz CT molecular complexity index is 1130. The van der Waals surface area contributed by atoms with Crippen LogP contribution < -0.4 is 11.1 Å². The lowest BCUT2D eigenvalue weighted by atomic mass is 9.94. The summed E-state index contributed by atoms with van der Waals surface area (Å²) >= 11 is 0. The van der Waals surface area contributed by atoms with Gasteiger partial charge in [0.25, 0.3) is 0 Å². The summed E-state index contributed by atoms with van der Waals surface area (Å²) < 4.78 is 39.8. The Morgan fingerprint density at radius 3 is 1.60 bits per heavy atom. The third-order valence-electron chi connectivity index (χ3n) is 9.38. The molecule has 4 aliphatic rings. The van der Waals surface area contributed by atoms with Gasteiger partial charge in [-0.05, 0) is 0 Å². The van der Waals surface area contributed by atoms with Crippen LogP contribution in [-0.2, 0) is 42.8 Å². The van der Waals surface area contributed by atoms with E-state index in [1.54, 1.807) is 0 Å². The van der Waals surface area contributed by atoms with Crippen LogP contribution in [0, 0.1) is 0 Å². The maximum Gasteiger partial charge on any atom is 0.217 e. The number of nitrogens with one attached hydrogen (secondary N) is 1. The van der Waals surface area contributed by atoms with Gasteiger partial charge in [0.15, 0.2) is 25.1 Å². The van der Waals surface area contributed by atoms with Crippen LogP contribution in [0.1, 0.15) is 6.92 Å². The van der Waals surface area contributed by atoms with Crippen LogP contribution in [0.4, 0.5) is 0 Å². The molecule has 53 heavy (non-hydrogen) atoms. The second kappa shape index (κ2) is 19.6. The first-order valence-electron chi connectivity index (χ1n) is 16.9. The molecule has 0 aliphatic carbocycles. The molecular weight excluding hydrogens is 726 g/mol. The van der Waals surface area contributed by atoms with E-state index in [4.69, 9.17) is 43.7 Å². The largest absolute Gasteiger partial charge is 0.394 e. The Balaban J connectivity index is 1.53. The second-order valence-electron chi connectivity index (χ2n) is 13.0. The lowest BCUT2D eigenvalue weighted by Gasteiger charge is -2.50. The standard InChI is InChI=1S/C29H53N3O21/c1-9(37)31-14-25(53-28-21(44)17(40)15(38)10(5-33)49-28)16(39)11(6-34)48-27(14)51-24-13(8-36)50-29(22(45)19(24)42)52-23-12(7-35)47-26(20(43)18(23)41)32(2)46-4-3-30/h10-29,33-36,38-45H,3-8,30H2,1-2H3,(H,31,37)/t10?,11?,12?,13?,14?,15-,16-,17-,18+,19+,20?,21?,22?,23+,24-,25+,26+,27-,28-,29-/m0/s1. The maximum atomic E-state index is 12.3. The van der Waals surface area contributed by atoms with Crippen molar-refractivity contribution >= 4 is 5.91 Å². The topological polar surface area (TPSA) is 375 Å². The normalized spacial score (nSPS) is 46.7. The van der Waals surface area contributed by atoms with Crippen molar-refractivity contribution < 1.29 is 104 Å². The minimum atomic E-state index is -2.03. The number of carbonyl (C=O) groups is 1. The third-order valence-corrected chi connectivity index (χ3v) is 9.38. The van der Waals surface area contributed by atoms with Gasteiger partial charge in [-0.1, -0.05) is 0 Å². The van der Waals surface area contributed by atoms with Crippen molar-refractivity contribution in [2.45, 2.75) is 130 Å². The van der Waals surface area contributed by atoms with E-state index in [0.29, 0.717) is 0 Å². The number of hydroxylamine groups is 2. The quantitative estimate of drug-likeness (QED) is 0.0686. The van der Waals surface area contributed by atoms with Crippen LogP contribution in [0.3, 0.4) is 0 Å². The first kappa shape index (κ1) is 44.3. The molecule has 4 saturated heterocycles. The molecule has 0 radical (unpaired) electrons. The van der Waals surface area contributed by atoms with E-state index >= 15 is 0 Å². The van der Waals surface area contributed by atoms with Crippen LogP contribution in [0.25, 0.3) is 0 Å². The van der Waals surface area contributed by atoms with Gasteiger partial charge in [0.2, 0.25) is 5.91 Å². The molecule has 0 spiro atoms. The van der Waals surface area contributed by atoms with Gasteiger partial charge >= 0.3 is 0 Å². The SMILES string of the molecule is CC(=O)NC1[C@H](O[C@H]2C(CO)O[C@@H](O[C@@H]3C(CO)O[C@@H](N(C)OCCN)C(O)[C@H]3O)C(O)[C@H]2O)OC(CO)[C@H](O)[C@@H]1O[C@@H]1OC(CO)[C@H](O)[C@H](O)C1O. The van der Waals surface area contributed by atoms with Gasteiger partial charge in [-0.3, -0.25) is 9.63 Å². The molecule has 1 amide bonds. The number of hydrogen-bond donors (Lipinski definition) is 14. The summed E-state index contributed by atoms with van der Waals surface area (Å²) in [7, 11) is 1.39. The summed E-state index contributed by atoms with van der Waals surface area (Å²) in [6.07, 6.45) is -32.4. The molecule has 0 bridgehead atoms. The summed E-state index contributed by atoms with van der Waals surface area (Å²) in [6.45, 7) is -2.13. The molecule has 8 unspecified atom stereocenters. The van der Waals surface area contributed by atoms with E-state index < -0.39 is 155 Å². The molecule has 15 N–H and O–H groups in total. The molecule has 24 nitrogen and oxygen atoms in total. The average Bonchev–Trinajstić information content (AvgIpc) is 3.14. The number of rotatable bonds is 15. The number of amides is 1. The zero-order valence-corrected chi connectivity index (χ0v) is 28.9. The van der Waals surface area contributed by atoms with Gasteiger partial charge < -0.3 is 105 Å². The van der Waals surface area contributed by atoms with Crippen molar-refractivity contribution in [3.05, 3.63) is 0 Å². The molecule has 4 rings (SSSR count). The third kappa shape index (κ3) is 9.77. The molecule has 0 aromatic heterocycles. The number of ether oxygens (including phenoxy) is 7. The van der Waals surface area contributed by atoms with E-state index in [-0.39, 0.29) is 13.2 Å². The minimum absolute atomic E-state index is 0.0410. The predicted octanol–water partition coefficient (Wildman–Crippen LogP) is -9.78. The first-order valence-corrected chi connectivity index (χ1v) is 16.9. The van der Waals surface area contributed by atoms with Gasteiger partial charge in [0.1, 0.15) is 97.6 Å². The zero-order valence-electron chi connectivity index (χ0n) is 28.9. The summed E-state index contributed by atoms with van der Waals surface area (Å²) in [5.41, 5.74) is 5.43. The van der Waals surface area contributed by atoms with E-state index in [2.05, 4.69) is 5.32 Å². The molecule has 4 heterocycles. The molecule has 4 fully saturated rings. The van der Waals surface area contributed by atoms with Crippen LogP contribution in [-0.4, -0.2) is 242 Å². The first-order chi connectivity index (χ1) is 25.1. The highest BCUT2D eigenvalue weighted by Crippen LogP contribution is 2.34. The fourth-order valence-corrected chi connectivity index (χ4v) is 6.52. The van der Waals surface area contributed by atoms with E-state index in [1.165, 1.54) is 7.05 Å². The molecule has 4 aliphatic heterocycles. The van der Waals surface area contributed by atoms with Crippen molar-refractivity contribution in [2.75, 3.05) is 46.6 Å². The van der Waals surface area contributed by atoms with Crippen molar-refractivity contribution in [3.63, 3.8) is 0 Å². The van der Waals surface area contributed by atoms with Gasteiger partial charge in [0.05, 0.1) is 33.0 Å². The maximum absolute atomic E-state index is 12.3. The second-order valence-corrected chi connectivity index (χ2v) is 13.0. The van der Waals surface area contributed by atoms with E-state index in [0.717, 1.165) is 12.0 Å². The highest BCUT2D eigenvalue weighted by Gasteiger charge is 2.56. The summed E-state index contributed by atoms with van der Waals surface area (Å²) in [5, 5.41) is 129. The minimum Gasteiger partial charge on any atom is -0.394 e. The Hall–Kier alpha value is -1.41. The fraction of sp³-hybridized carbons (Fsp3) is 0.966. The summed E-state index contributed by atoms with van der Waals surface area (Å²) in [4.78, 5) is 17.6. The number of hydrogen-bond acceptors (Lipinski definition) is 23. The Labute approximate surface area is 302 Å². The Morgan fingerprint density at radius 1 is 0.604 bits per heavy atom. The van der Waals surface area contributed by atoms with Gasteiger partial charge in [-0.15, -0.1) is 0 Å². The number of nitrogens with two attached hydrogens (primary N) is 1. The van der Waals surface area contributed by atoms with Crippen LogP contribution in [0.5, 0.6) is 0 Å². The van der Waals surface area contributed by atoms with Gasteiger partial charge in [-0.2, -0.15) is 5.06 Å². The number of carbonyl (C=O) groups excluding carboxylic acids is 1. The molecule has 0 saturated carbocycles. The lowest BCUT2D eigenvalue weighted by Crippen LogP contribution is -2.70. The molecule has 310 valence electrons. The van der Waals surface area contributed by atoms with Crippen molar-refractivity contribution in [2.24, 2.45) is 5.73 Å². The van der Waals surface area contributed by atoms with Gasteiger partial charge in [-0.25, -0.2) is 0 Å². The molecular formula is C29H53N3O21. The molecule has 24 heteroatoms. The average molecular weight is 780 g/mol. The summed E-state index contributed by atoms with van der Waals surface area (Å²) in [5.74, 6) is -0.745. The number of aliphatic hydroxyl groups is 12. The number of likely N-dealkylation sites (N-methyl/N-ethyl adjacent to an activating group) is 1. The molecule has 20 atom stereocenters. The molecule has 0 aromatic rings. The van der Waals surface area contributed by atoms with Gasteiger partial charge in [0, 0.05) is 20.5 Å². The predicted molar refractivity (Wildman–Crippen MR) is 166 cm³/mol. The van der Waals surface area contributed by atoms with Crippen molar-refractivity contribution in [3.8, 4) is 0 Å². The lowest BCUT2D eigenvalue weighted by molar-refractivity contribution is -0.382. The Morgan fingerprint density at radius 2 is 1.06 bits per heavy atom. The van der Waals surface area contributed by atoms with Crippen molar-refractivity contribution in [1.29, 1.82) is 0 Å². The smallest absolute Gasteiger partial charge is 0.217 e. The van der Waals surface area contributed by atoms with Crippen LogP contribution in [0.2, 0.25) is 0 Å². The van der Waals surface area contributed by atoms with Crippen LogP contribution >= 0.6 is 0 Å².